The fourth-order valence-corrected chi connectivity index (χ4v) is 1.70. The van der Waals surface area contributed by atoms with E-state index in [4.69, 9.17) is 4.52 Å². The van der Waals surface area contributed by atoms with Gasteiger partial charge < -0.3 is 9.63 Å². The van der Waals surface area contributed by atoms with Gasteiger partial charge in [-0.05, 0) is 38.5 Å². The second-order valence-electron chi connectivity index (χ2n) is 4.14. The van der Waals surface area contributed by atoms with E-state index in [1.54, 1.807) is 0 Å². The Labute approximate surface area is 77.7 Å². The van der Waals surface area contributed by atoms with Gasteiger partial charge in [0.2, 0.25) is 0 Å². The van der Waals surface area contributed by atoms with Crippen LogP contribution in [0.3, 0.4) is 0 Å². The average molecular weight is 181 g/mol. The summed E-state index contributed by atoms with van der Waals surface area (Å²) in [6.45, 7) is 4.18. The van der Waals surface area contributed by atoms with Crippen LogP contribution in [-0.2, 0) is 6.42 Å². The third kappa shape index (κ3) is 1.48. The lowest BCUT2D eigenvalue weighted by atomic mass is 9.96. The van der Waals surface area contributed by atoms with Gasteiger partial charge in [0.15, 0.2) is 0 Å². The quantitative estimate of drug-likeness (QED) is 0.770. The van der Waals surface area contributed by atoms with Crippen LogP contribution < -0.4 is 0 Å². The van der Waals surface area contributed by atoms with Crippen LogP contribution in [0, 0.1) is 19.3 Å². The Morgan fingerprint density at radius 1 is 1.46 bits per heavy atom. The first-order chi connectivity index (χ1) is 6.17. The Morgan fingerprint density at radius 3 is 2.54 bits per heavy atom. The molecule has 1 aliphatic rings. The Hall–Kier alpha value is -0.830. The Bertz CT molecular complexity index is 293. The maximum absolute atomic E-state index is 9.19. The van der Waals surface area contributed by atoms with Crippen molar-refractivity contribution in [3.63, 3.8) is 0 Å². The molecule has 2 rings (SSSR count). The predicted molar refractivity (Wildman–Crippen MR) is 48.4 cm³/mol. The van der Waals surface area contributed by atoms with Crippen molar-refractivity contribution in [3.05, 3.63) is 17.0 Å². The maximum Gasteiger partial charge on any atom is 0.137 e. The van der Waals surface area contributed by atoms with Crippen molar-refractivity contribution in [1.82, 2.24) is 5.16 Å². The van der Waals surface area contributed by atoms with Crippen LogP contribution >= 0.6 is 0 Å². The largest absolute Gasteiger partial charge is 0.396 e. The first-order valence-corrected chi connectivity index (χ1v) is 4.69. The molecule has 1 saturated carbocycles. The first kappa shape index (κ1) is 8.75. The summed E-state index contributed by atoms with van der Waals surface area (Å²) in [7, 11) is 0. The topological polar surface area (TPSA) is 46.3 Å². The van der Waals surface area contributed by atoms with E-state index in [0.29, 0.717) is 0 Å². The van der Waals surface area contributed by atoms with E-state index in [-0.39, 0.29) is 12.0 Å². The van der Waals surface area contributed by atoms with Crippen LogP contribution in [0.1, 0.15) is 29.9 Å². The molecule has 0 radical (unpaired) electrons. The number of hydrogen-bond donors (Lipinski definition) is 1. The number of hydrogen-bond acceptors (Lipinski definition) is 3. The normalized spacial score (nSPS) is 19.0. The van der Waals surface area contributed by atoms with Gasteiger partial charge in [-0.2, -0.15) is 0 Å². The number of aryl methyl sites for hydroxylation is 2. The fraction of sp³-hybridized carbons (Fsp3) is 0.700. The van der Waals surface area contributed by atoms with Crippen LogP contribution in [-0.4, -0.2) is 16.9 Å². The second kappa shape index (κ2) is 2.84. The van der Waals surface area contributed by atoms with Crippen molar-refractivity contribution in [3.8, 4) is 0 Å². The summed E-state index contributed by atoms with van der Waals surface area (Å²) in [6, 6.07) is 0. The highest BCUT2D eigenvalue weighted by molar-refractivity contribution is 5.24. The molecule has 72 valence electrons. The van der Waals surface area contributed by atoms with Gasteiger partial charge in [-0.25, -0.2) is 0 Å². The van der Waals surface area contributed by atoms with E-state index < -0.39 is 0 Å². The van der Waals surface area contributed by atoms with Gasteiger partial charge in [0.05, 0.1) is 5.69 Å². The minimum absolute atomic E-state index is 0.154. The number of aliphatic hydroxyl groups is 1. The van der Waals surface area contributed by atoms with Crippen molar-refractivity contribution in [1.29, 1.82) is 0 Å². The molecule has 3 nitrogen and oxygen atoms in total. The molecule has 0 unspecified atom stereocenters. The molecule has 3 heteroatoms. The van der Waals surface area contributed by atoms with Crippen LogP contribution in [0.5, 0.6) is 0 Å². The van der Waals surface area contributed by atoms with Gasteiger partial charge in [0.1, 0.15) is 5.76 Å². The number of aliphatic hydroxyl groups excluding tert-OH is 1. The van der Waals surface area contributed by atoms with Crippen LogP contribution in [0.25, 0.3) is 0 Å². The Balaban J connectivity index is 2.17. The van der Waals surface area contributed by atoms with Crippen molar-refractivity contribution in [2.75, 3.05) is 6.61 Å². The molecule has 1 fully saturated rings. The lowest BCUT2D eigenvalue weighted by Gasteiger charge is -2.09. The van der Waals surface area contributed by atoms with Gasteiger partial charge in [0, 0.05) is 12.2 Å². The zero-order valence-electron chi connectivity index (χ0n) is 8.13. The summed E-state index contributed by atoms with van der Waals surface area (Å²) < 4.78 is 5.08. The van der Waals surface area contributed by atoms with E-state index in [0.717, 1.165) is 30.7 Å². The van der Waals surface area contributed by atoms with E-state index in [9.17, 15) is 5.11 Å². The lowest BCUT2D eigenvalue weighted by Crippen LogP contribution is -2.11. The van der Waals surface area contributed by atoms with Crippen molar-refractivity contribution >= 4 is 0 Å². The molecular weight excluding hydrogens is 166 g/mol. The molecule has 13 heavy (non-hydrogen) atoms. The summed E-state index contributed by atoms with van der Waals surface area (Å²) in [4.78, 5) is 0. The highest BCUT2D eigenvalue weighted by atomic mass is 16.5. The predicted octanol–water partition coefficient (Wildman–Crippen LogP) is 1.61. The van der Waals surface area contributed by atoms with E-state index >= 15 is 0 Å². The number of nitrogens with zero attached hydrogens (tertiary/aromatic N) is 1. The van der Waals surface area contributed by atoms with Crippen molar-refractivity contribution in [2.45, 2.75) is 33.1 Å². The Morgan fingerprint density at radius 2 is 2.15 bits per heavy atom. The van der Waals surface area contributed by atoms with Gasteiger partial charge in [-0.1, -0.05) is 5.16 Å². The molecule has 0 bridgehead atoms. The van der Waals surface area contributed by atoms with Crippen LogP contribution in [0.4, 0.5) is 0 Å². The summed E-state index contributed by atoms with van der Waals surface area (Å²) >= 11 is 0. The average Bonchev–Trinajstić information content (AvgIpc) is 2.84. The second-order valence-corrected chi connectivity index (χ2v) is 4.14. The molecule has 0 spiro atoms. The van der Waals surface area contributed by atoms with E-state index in [2.05, 4.69) is 5.16 Å². The lowest BCUT2D eigenvalue weighted by molar-refractivity contribution is 0.210. The third-order valence-electron chi connectivity index (χ3n) is 3.03. The molecule has 1 aromatic rings. The zero-order chi connectivity index (χ0) is 9.47. The highest BCUT2D eigenvalue weighted by Crippen LogP contribution is 2.48. The van der Waals surface area contributed by atoms with Crippen molar-refractivity contribution < 1.29 is 9.63 Å². The van der Waals surface area contributed by atoms with Crippen molar-refractivity contribution in [2.24, 2.45) is 5.41 Å². The third-order valence-corrected chi connectivity index (χ3v) is 3.03. The zero-order valence-corrected chi connectivity index (χ0v) is 8.13. The number of aromatic nitrogens is 1. The van der Waals surface area contributed by atoms with E-state index in [1.165, 1.54) is 5.56 Å². The molecular formula is C10H15NO2. The molecule has 1 heterocycles. The van der Waals surface area contributed by atoms with Gasteiger partial charge >= 0.3 is 0 Å². The molecule has 0 aromatic carbocycles. The Kier molecular flexibility index (Phi) is 1.91. The minimum atomic E-state index is 0.154. The van der Waals surface area contributed by atoms with E-state index in [1.807, 2.05) is 13.8 Å². The number of rotatable bonds is 3. The van der Waals surface area contributed by atoms with Gasteiger partial charge in [-0.3, -0.25) is 0 Å². The molecule has 0 aliphatic heterocycles. The standard InChI is InChI=1S/C10H15NO2/c1-7-9(8(2)13-11-7)5-10(6-12)3-4-10/h12H,3-6H2,1-2H3. The minimum Gasteiger partial charge on any atom is -0.396 e. The van der Waals surface area contributed by atoms with Gasteiger partial charge in [-0.15, -0.1) is 0 Å². The summed E-state index contributed by atoms with van der Waals surface area (Å²) in [5.41, 5.74) is 2.31. The fourth-order valence-electron chi connectivity index (χ4n) is 1.70. The molecule has 1 N–H and O–H groups in total. The summed E-state index contributed by atoms with van der Waals surface area (Å²) in [5, 5.41) is 13.1. The highest BCUT2D eigenvalue weighted by Gasteiger charge is 2.42. The molecule has 1 aromatic heterocycles. The maximum atomic E-state index is 9.19. The molecule has 0 saturated heterocycles. The van der Waals surface area contributed by atoms with Crippen LogP contribution in [0.15, 0.2) is 4.52 Å². The SMILES string of the molecule is Cc1noc(C)c1CC1(CO)CC1. The monoisotopic (exact) mass is 181 g/mol. The molecule has 1 aliphatic carbocycles. The molecule has 0 atom stereocenters. The smallest absolute Gasteiger partial charge is 0.137 e. The van der Waals surface area contributed by atoms with Crippen LogP contribution in [0.2, 0.25) is 0 Å². The summed E-state index contributed by atoms with van der Waals surface area (Å²) in [6.07, 6.45) is 3.19. The summed E-state index contributed by atoms with van der Waals surface area (Å²) in [5.74, 6) is 0.900. The molecule has 0 amide bonds. The first-order valence-electron chi connectivity index (χ1n) is 4.69. The van der Waals surface area contributed by atoms with Gasteiger partial charge in [0.25, 0.3) is 0 Å².